The SMILES string of the molecule is [Cl-].[Cl-].[S]=[Zr+2]([c]1cccc2c1C=CC2)[CH]1SC(Cl)=C2C=CC=C21. The molecule has 0 saturated carbocycles. The third-order valence-corrected chi connectivity index (χ3v) is 15.4. The molecule has 0 N–H and O–H groups in total. The summed E-state index contributed by atoms with van der Waals surface area (Å²) in [7, 11) is 6.07. The Bertz CT molecular complexity index is 763. The average Bonchev–Trinajstić information content (AvgIpc) is 3.14. The zero-order valence-electron chi connectivity index (χ0n) is 11.4. The Balaban J connectivity index is 0.000000882. The molecule has 3 aliphatic rings. The Morgan fingerprint density at radius 3 is 2.86 bits per heavy atom. The van der Waals surface area contributed by atoms with Gasteiger partial charge in [-0.25, -0.2) is 0 Å². The molecular weight excluding hydrogens is 454 g/mol. The van der Waals surface area contributed by atoms with Crippen molar-refractivity contribution in [2.45, 2.75) is 9.38 Å². The van der Waals surface area contributed by atoms with E-state index in [4.69, 9.17) is 20.5 Å². The van der Waals surface area contributed by atoms with E-state index in [2.05, 4.69) is 48.6 Å². The topological polar surface area (TPSA) is 0 Å². The van der Waals surface area contributed by atoms with Crippen LogP contribution in [0.5, 0.6) is 0 Å². The molecule has 0 aromatic heterocycles. The van der Waals surface area contributed by atoms with Crippen LogP contribution in [0, 0.1) is 0 Å². The Morgan fingerprint density at radius 1 is 1.23 bits per heavy atom. The van der Waals surface area contributed by atoms with E-state index < -0.39 is 19.7 Å². The Hall–Kier alpha value is 0.503. The molecule has 6 heteroatoms. The summed E-state index contributed by atoms with van der Waals surface area (Å²) in [6.07, 6.45) is 12.0. The predicted octanol–water partition coefficient (Wildman–Crippen LogP) is -1.36. The fourth-order valence-electron chi connectivity index (χ4n) is 2.91. The quantitative estimate of drug-likeness (QED) is 0.530. The summed E-state index contributed by atoms with van der Waals surface area (Å²) in [4.78, 5) is 0. The van der Waals surface area contributed by atoms with Crippen molar-refractivity contribution in [1.29, 1.82) is 0 Å². The van der Waals surface area contributed by atoms with Crippen LogP contribution in [0.4, 0.5) is 0 Å². The molecule has 2 aliphatic carbocycles. The first-order valence-corrected chi connectivity index (χ1v) is 13.9. The van der Waals surface area contributed by atoms with Gasteiger partial charge in [-0.3, -0.25) is 0 Å². The fraction of sp³-hybridized carbons (Fsp3) is 0.125. The van der Waals surface area contributed by atoms with Crippen LogP contribution in [0.2, 0.25) is 0 Å². The zero-order chi connectivity index (χ0) is 13.7. The van der Waals surface area contributed by atoms with Crippen LogP contribution >= 0.6 is 32.2 Å². The normalized spacial score (nSPS) is 19.8. The van der Waals surface area contributed by atoms with Crippen molar-refractivity contribution in [3.8, 4) is 0 Å². The first-order valence-electron chi connectivity index (χ1n) is 6.53. The van der Waals surface area contributed by atoms with Crippen molar-refractivity contribution in [3.05, 3.63) is 69.1 Å². The van der Waals surface area contributed by atoms with E-state index in [-0.39, 0.29) is 24.8 Å². The van der Waals surface area contributed by atoms with Crippen molar-refractivity contribution < 1.29 is 44.5 Å². The molecule has 0 nitrogen and oxygen atoms in total. The first kappa shape index (κ1) is 18.8. The van der Waals surface area contributed by atoms with Gasteiger partial charge in [0, 0.05) is 0 Å². The zero-order valence-corrected chi connectivity index (χ0v) is 17.7. The molecule has 0 bridgehead atoms. The summed E-state index contributed by atoms with van der Waals surface area (Å²) in [5, 5.41) is 0. The van der Waals surface area contributed by atoms with E-state index in [0.29, 0.717) is 2.96 Å². The summed E-state index contributed by atoms with van der Waals surface area (Å²) in [6.45, 7) is 0. The van der Waals surface area contributed by atoms with Gasteiger partial charge in [0.2, 0.25) is 0 Å². The predicted molar refractivity (Wildman–Crippen MR) is 87.9 cm³/mol. The van der Waals surface area contributed by atoms with Crippen LogP contribution in [0.3, 0.4) is 0 Å². The number of halogens is 3. The molecule has 1 aliphatic heterocycles. The van der Waals surface area contributed by atoms with E-state index >= 15 is 0 Å². The van der Waals surface area contributed by atoms with Gasteiger partial charge >= 0.3 is 140 Å². The molecule has 22 heavy (non-hydrogen) atoms. The number of allylic oxidation sites excluding steroid dienone is 5. The van der Waals surface area contributed by atoms with Crippen LogP contribution < -0.4 is 28.1 Å². The van der Waals surface area contributed by atoms with Crippen LogP contribution in [0.15, 0.2) is 58.0 Å². The molecule has 4 rings (SSSR count). The summed E-state index contributed by atoms with van der Waals surface area (Å²) < 4.78 is 2.84. The number of hydrogen-bond donors (Lipinski definition) is 0. The van der Waals surface area contributed by atoms with Gasteiger partial charge in [-0.2, -0.15) is 0 Å². The Morgan fingerprint density at radius 2 is 2.05 bits per heavy atom. The molecule has 0 spiro atoms. The maximum atomic E-state index is 6.38. The van der Waals surface area contributed by atoms with Gasteiger partial charge in [0.15, 0.2) is 0 Å². The van der Waals surface area contributed by atoms with Gasteiger partial charge in [0.1, 0.15) is 0 Å². The van der Waals surface area contributed by atoms with E-state index in [1.165, 1.54) is 25.5 Å². The van der Waals surface area contributed by atoms with Gasteiger partial charge in [-0.15, -0.1) is 0 Å². The molecule has 112 valence electrons. The second-order valence-corrected chi connectivity index (χ2v) is 14.9. The molecule has 1 aromatic rings. The summed E-state index contributed by atoms with van der Waals surface area (Å²) in [5.74, 6) is 0. The van der Waals surface area contributed by atoms with Crippen molar-refractivity contribution >= 4 is 41.6 Å². The van der Waals surface area contributed by atoms with E-state index in [0.717, 1.165) is 10.8 Å². The fourth-order valence-corrected chi connectivity index (χ4v) is 13.8. The Labute approximate surface area is 163 Å². The van der Waals surface area contributed by atoms with Crippen molar-refractivity contribution in [1.82, 2.24) is 0 Å². The van der Waals surface area contributed by atoms with E-state index in [1.54, 1.807) is 11.8 Å². The standard InChI is InChI=1S/C9H7.C7H4ClS.2ClH.S.Zr/c1-2-5-9-7-3-6-8(9)4-1;8-7-6-3-1-2-5(6)4-9-7;;;;/h1-4,7H,6H2;1-4H;2*1H;;/q;;;;;+2/p-2. The average molecular weight is 465 g/mol. The summed E-state index contributed by atoms with van der Waals surface area (Å²) in [6, 6.07) is 6.65. The van der Waals surface area contributed by atoms with Gasteiger partial charge in [-0.05, 0) is 0 Å². The number of benzene rings is 1. The molecule has 0 amide bonds. The van der Waals surface area contributed by atoms with E-state index in [9.17, 15) is 0 Å². The van der Waals surface area contributed by atoms with Gasteiger partial charge in [0.25, 0.3) is 0 Å². The number of hydrogen-bond acceptors (Lipinski definition) is 2. The molecule has 1 heterocycles. The monoisotopic (exact) mass is 462 g/mol. The van der Waals surface area contributed by atoms with Crippen LogP contribution in [-0.2, 0) is 26.1 Å². The molecule has 0 radical (unpaired) electrons. The molecule has 0 saturated heterocycles. The van der Waals surface area contributed by atoms with Crippen molar-refractivity contribution in [2.75, 3.05) is 0 Å². The number of fused-ring (bicyclic) bond motifs is 2. The molecule has 0 fully saturated rings. The van der Waals surface area contributed by atoms with Crippen LogP contribution in [-0.4, -0.2) is 2.96 Å². The number of rotatable bonds is 2. The molecule has 1 atom stereocenters. The maximum absolute atomic E-state index is 6.38. The third kappa shape index (κ3) is 3.06. The minimum absolute atomic E-state index is 0. The summed E-state index contributed by atoms with van der Waals surface area (Å²) >= 11 is 6.01. The minimum atomic E-state index is -2.16. The van der Waals surface area contributed by atoms with Crippen LogP contribution in [0.1, 0.15) is 11.1 Å². The van der Waals surface area contributed by atoms with Crippen LogP contribution in [0.25, 0.3) is 6.08 Å². The second-order valence-electron chi connectivity index (χ2n) is 5.02. The summed E-state index contributed by atoms with van der Waals surface area (Å²) in [5.41, 5.74) is 5.44. The second kappa shape index (κ2) is 7.59. The van der Waals surface area contributed by atoms with E-state index in [1.807, 2.05) is 0 Å². The molecular formula is C16H11Cl3S2Zr. The van der Waals surface area contributed by atoms with Gasteiger partial charge in [-0.1, -0.05) is 0 Å². The molecule has 1 unspecified atom stereocenters. The van der Waals surface area contributed by atoms with Crippen molar-refractivity contribution in [2.24, 2.45) is 0 Å². The first-order chi connectivity index (χ1) is 9.75. The Kier molecular flexibility index (Phi) is 6.50. The molecule has 1 aromatic carbocycles. The number of thioether (sulfide) groups is 1. The van der Waals surface area contributed by atoms with Gasteiger partial charge < -0.3 is 24.8 Å². The van der Waals surface area contributed by atoms with Crippen molar-refractivity contribution in [3.63, 3.8) is 0 Å². The third-order valence-electron chi connectivity index (χ3n) is 3.89. The van der Waals surface area contributed by atoms with Gasteiger partial charge in [0.05, 0.1) is 0 Å².